The first-order valence-corrected chi connectivity index (χ1v) is 7.13. The van der Waals surface area contributed by atoms with Crippen molar-refractivity contribution < 1.29 is 23.1 Å². The van der Waals surface area contributed by atoms with E-state index < -0.39 is 11.9 Å². The Balaban J connectivity index is 1.97. The Morgan fingerprint density at radius 2 is 1.83 bits per heavy atom. The Morgan fingerprint density at radius 1 is 1.12 bits per heavy atom. The minimum atomic E-state index is -2.95. The molecule has 0 amide bonds. The Kier molecular flexibility index (Phi) is 3.89. The highest BCUT2D eigenvalue weighted by Crippen LogP contribution is 2.32. The van der Waals surface area contributed by atoms with Crippen molar-refractivity contribution in [3.05, 3.63) is 65.9 Å². The van der Waals surface area contributed by atoms with Gasteiger partial charge in [0.2, 0.25) is 5.89 Å². The number of benzene rings is 2. The van der Waals surface area contributed by atoms with E-state index in [1.54, 1.807) is 18.2 Å². The molecule has 0 atom stereocenters. The van der Waals surface area contributed by atoms with E-state index in [-0.39, 0.29) is 17.0 Å². The van der Waals surface area contributed by atoms with Crippen molar-refractivity contribution in [1.82, 2.24) is 4.98 Å². The molecule has 0 fully saturated rings. The zero-order valence-corrected chi connectivity index (χ0v) is 12.7. The maximum atomic E-state index is 13.4. The van der Waals surface area contributed by atoms with Crippen LogP contribution in [0.25, 0.3) is 22.8 Å². The van der Waals surface area contributed by atoms with Crippen molar-refractivity contribution in [1.29, 1.82) is 0 Å². The summed E-state index contributed by atoms with van der Waals surface area (Å²) in [5, 5.41) is 9.02. The fraction of sp³-hybridized carbons (Fsp3) is 0.111. The lowest BCUT2D eigenvalue weighted by Gasteiger charge is -2.10. The summed E-state index contributed by atoms with van der Waals surface area (Å²) in [7, 11) is 0. The molecule has 0 aliphatic rings. The van der Waals surface area contributed by atoms with E-state index in [1.807, 2.05) is 0 Å². The summed E-state index contributed by atoms with van der Waals surface area (Å²) >= 11 is 0. The Morgan fingerprint density at radius 3 is 2.54 bits per heavy atom. The van der Waals surface area contributed by atoms with Crippen LogP contribution in [-0.2, 0) is 5.92 Å². The van der Waals surface area contributed by atoms with Crippen LogP contribution < -0.4 is 0 Å². The number of oxazole rings is 1. The van der Waals surface area contributed by atoms with E-state index in [0.29, 0.717) is 16.9 Å². The minimum Gasteiger partial charge on any atom is -0.478 e. The first kappa shape index (κ1) is 15.9. The van der Waals surface area contributed by atoms with Gasteiger partial charge in [0.15, 0.2) is 5.76 Å². The third-order valence-corrected chi connectivity index (χ3v) is 3.52. The highest BCUT2D eigenvalue weighted by Gasteiger charge is 2.24. The molecule has 0 unspecified atom stereocenters. The summed E-state index contributed by atoms with van der Waals surface area (Å²) in [4.78, 5) is 15.1. The van der Waals surface area contributed by atoms with Crippen molar-refractivity contribution in [2.45, 2.75) is 12.8 Å². The Hall–Kier alpha value is -3.02. The molecule has 0 aliphatic carbocycles. The molecule has 6 heteroatoms. The fourth-order valence-corrected chi connectivity index (χ4v) is 2.27. The summed E-state index contributed by atoms with van der Waals surface area (Å²) in [5.41, 5.74) is 0.964. The second-order valence-electron chi connectivity index (χ2n) is 5.38. The van der Waals surface area contributed by atoms with Crippen molar-refractivity contribution in [2.75, 3.05) is 0 Å². The predicted molar refractivity (Wildman–Crippen MR) is 83.9 cm³/mol. The van der Waals surface area contributed by atoms with Crippen LogP contribution in [0.2, 0.25) is 0 Å². The molecule has 122 valence electrons. The molecule has 1 heterocycles. The van der Waals surface area contributed by atoms with Gasteiger partial charge in [-0.2, -0.15) is 0 Å². The molecule has 0 radical (unpaired) electrons. The summed E-state index contributed by atoms with van der Waals surface area (Å²) in [5.74, 6) is -3.45. The molecule has 24 heavy (non-hydrogen) atoms. The van der Waals surface area contributed by atoms with Crippen molar-refractivity contribution in [3.8, 4) is 22.8 Å². The van der Waals surface area contributed by atoms with Gasteiger partial charge in [-0.15, -0.1) is 0 Å². The lowest BCUT2D eigenvalue weighted by atomic mass is 10.1. The van der Waals surface area contributed by atoms with Gasteiger partial charge < -0.3 is 9.52 Å². The van der Waals surface area contributed by atoms with Crippen LogP contribution >= 0.6 is 0 Å². The van der Waals surface area contributed by atoms with Gasteiger partial charge in [-0.3, -0.25) is 0 Å². The molecule has 0 saturated heterocycles. The maximum Gasteiger partial charge on any atom is 0.335 e. The molecule has 1 aromatic heterocycles. The van der Waals surface area contributed by atoms with E-state index in [4.69, 9.17) is 9.52 Å². The molecule has 1 N–H and O–H groups in total. The lowest BCUT2D eigenvalue weighted by Crippen LogP contribution is -2.06. The number of carboxylic acid groups (broad SMARTS) is 1. The van der Waals surface area contributed by atoms with E-state index in [1.165, 1.54) is 36.5 Å². The van der Waals surface area contributed by atoms with Crippen LogP contribution in [0.1, 0.15) is 22.8 Å². The third-order valence-electron chi connectivity index (χ3n) is 3.52. The number of hydrogen-bond donors (Lipinski definition) is 1. The third kappa shape index (κ3) is 3.17. The Labute approximate surface area is 136 Å². The molecule has 4 nitrogen and oxygen atoms in total. The topological polar surface area (TPSA) is 63.3 Å². The summed E-state index contributed by atoms with van der Waals surface area (Å²) in [6, 6.07) is 12.0. The molecule has 0 bridgehead atoms. The molecule has 0 spiro atoms. The van der Waals surface area contributed by atoms with Crippen molar-refractivity contribution in [2.24, 2.45) is 0 Å². The van der Waals surface area contributed by atoms with Crippen molar-refractivity contribution >= 4 is 5.97 Å². The number of aromatic carboxylic acids is 1. The SMILES string of the molecule is CC(F)(F)c1cccc(-c2cnc(-c3cccc(C(=O)O)c3)o2)c1. The van der Waals surface area contributed by atoms with Crippen molar-refractivity contribution in [3.63, 3.8) is 0 Å². The standard InChI is InChI=1S/C18H13F2NO3/c1-18(19,20)14-7-3-4-11(9-14)15-10-21-16(24-15)12-5-2-6-13(8-12)17(22)23/h2-10H,1H3,(H,22,23). The molecule has 3 aromatic rings. The normalized spacial score (nSPS) is 11.5. The first-order chi connectivity index (χ1) is 11.3. The summed E-state index contributed by atoms with van der Waals surface area (Å²) < 4.78 is 32.5. The number of carbonyl (C=O) groups is 1. The monoisotopic (exact) mass is 329 g/mol. The first-order valence-electron chi connectivity index (χ1n) is 7.13. The van der Waals surface area contributed by atoms with Crippen LogP contribution in [0.5, 0.6) is 0 Å². The zero-order valence-electron chi connectivity index (χ0n) is 12.7. The second kappa shape index (κ2) is 5.88. The van der Waals surface area contributed by atoms with Gasteiger partial charge in [-0.1, -0.05) is 24.3 Å². The molecule has 0 aliphatic heterocycles. The predicted octanol–water partition coefficient (Wildman–Crippen LogP) is 4.82. The number of hydrogen-bond acceptors (Lipinski definition) is 3. The smallest absolute Gasteiger partial charge is 0.335 e. The molecular formula is C18H13F2NO3. The number of carboxylic acids is 1. The van der Waals surface area contributed by atoms with Crippen LogP contribution in [0.15, 0.2) is 59.1 Å². The van der Waals surface area contributed by atoms with E-state index >= 15 is 0 Å². The molecular weight excluding hydrogens is 316 g/mol. The molecule has 0 saturated carbocycles. The highest BCUT2D eigenvalue weighted by molar-refractivity contribution is 5.89. The zero-order chi connectivity index (χ0) is 17.3. The van der Waals surface area contributed by atoms with Gasteiger partial charge in [-0.25, -0.2) is 18.6 Å². The Bertz CT molecular complexity index is 897. The average Bonchev–Trinajstić information content (AvgIpc) is 3.04. The van der Waals surface area contributed by atoms with E-state index in [9.17, 15) is 13.6 Å². The average molecular weight is 329 g/mol. The van der Waals surface area contributed by atoms with Gasteiger partial charge >= 0.3 is 5.97 Å². The van der Waals surface area contributed by atoms with Gasteiger partial charge in [-0.05, 0) is 24.3 Å². The van der Waals surface area contributed by atoms with Crippen LogP contribution in [0, 0.1) is 0 Å². The van der Waals surface area contributed by atoms with Crippen LogP contribution in [0.4, 0.5) is 8.78 Å². The van der Waals surface area contributed by atoms with Gasteiger partial charge in [0.25, 0.3) is 5.92 Å². The molecule has 3 rings (SSSR count). The van der Waals surface area contributed by atoms with Crippen LogP contribution in [-0.4, -0.2) is 16.1 Å². The van der Waals surface area contributed by atoms with Gasteiger partial charge in [0.1, 0.15) is 0 Å². The van der Waals surface area contributed by atoms with E-state index in [0.717, 1.165) is 6.92 Å². The quantitative estimate of drug-likeness (QED) is 0.745. The highest BCUT2D eigenvalue weighted by atomic mass is 19.3. The van der Waals surface area contributed by atoms with Gasteiger partial charge in [0.05, 0.1) is 11.8 Å². The molecule has 2 aromatic carbocycles. The summed E-state index contributed by atoms with van der Waals surface area (Å²) in [6.45, 7) is 0.829. The minimum absolute atomic E-state index is 0.111. The number of halogens is 2. The number of alkyl halides is 2. The maximum absolute atomic E-state index is 13.4. The fourth-order valence-electron chi connectivity index (χ4n) is 2.27. The lowest BCUT2D eigenvalue weighted by molar-refractivity contribution is 0.0175. The largest absolute Gasteiger partial charge is 0.478 e. The van der Waals surface area contributed by atoms with Gasteiger partial charge in [0, 0.05) is 23.6 Å². The number of aromatic nitrogens is 1. The number of nitrogens with zero attached hydrogens (tertiary/aromatic N) is 1. The van der Waals surface area contributed by atoms with Crippen LogP contribution in [0.3, 0.4) is 0 Å². The van der Waals surface area contributed by atoms with E-state index in [2.05, 4.69) is 4.98 Å². The summed E-state index contributed by atoms with van der Waals surface area (Å²) in [6.07, 6.45) is 1.43. The second-order valence-corrected chi connectivity index (χ2v) is 5.38. The number of rotatable bonds is 4.